The van der Waals surface area contributed by atoms with Gasteiger partial charge in [0.25, 0.3) is 0 Å². The molecule has 0 N–H and O–H groups in total. The van der Waals surface area contributed by atoms with Gasteiger partial charge in [-0.05, 0) is 71.9 Å². The van der Waals surface area contributed by atoms with Gasteiger partial charge in [0.2, 0.25) is 0 Å². The molecule has 0 atom stereocenters. The summed E-state index contributed by atoms with van der Waals surface area (Å²) in [6, 6.07) is 14.6. The molecule has 2 aromatic rings. The van der Waals surface area contributed by atoms with Crippen molar-refractivity contribution in [2.75, 3.05) is 11.4 Å². The van der Waals surface area contributed by atoms with Crippen LogP contribution in [0.2, 0.25) is 0 Å². The Morgan fingerprint density at radius 3 is 2.71 bits per heavy atom. The van der Waals surface area contributed by atoms with Crippen LogP contribution >= 0.6 is 15.9 Å². The number of ketones is 1. The van der Waals surface area contributed by atoms with Crippen molar-refractivity contribution >= 4 is 33.1 Å². The molecule has 0 unspecified atom stereocenters. The molecule has 108 valence electrons. The molecule has 0 aliphatic carbocycles. The Labute approximate surface area is 133 Å². The minimum atomic E-state index is 0.0877. The number of hydrogen-bond donors (Lipinski definition) is 0. The molecule has 1 heterocycles. The second kappa shape index (κ2) is 6.02. The largest absolute Gasteiger partial charge is 0.341 e. The number of para-hydroxylation sites is 1. The molecule has 3 heteroatoms. The second-order valence-corrected chi connectivity index (χ2v) is 6.31. The van der Waals surface area contributed by atoms with Crippen molar-refractivity contribution in [2.45, 2.75) is 26.2 Å². The number of carbonyl (C=O) groups is 1. The number of rotatable bonds is 2. The fourth-order valence-corrected chi connectivity index (χ4v) is 3.56. The van der Waals surface area contributed by atoms with Gasteiger partial charge in [-0.3, -0.25) is 4.79 Å². The van der Waals surface area contributed by atoms with Crippen LogP contribution < -0.4 is 4.90 Å². The van der Waals surface area contributed by atoms with E-state index in [9.17, 15) is 4.79 Å². The van der Waals surface area contributed by atoms with Crippen LogP contribution in [0.15, 0.2) is 46.9 Å². The summed E-state index contributed by atoms with van der Waals surface area (Å²) >= 11 is 3.53. The summed E-state index contributed by atoms with van der Waals surface area (Å²) in [5.41, 5.74) is 4.57. The van der Waals surface area contributed by atoms with Crippen molar-refractivity contribution in [3.63, 3.8) is 0 Å². The maximum Gasteiger partial charge on any atom is 0.160 e. The summed E-state index contributed by atoms with van der Waals surface area (Å²) in [7, 11) is 0. The number of aryl methyl sites for hydroxylation is 1. The number of fused-ring (bicyclic) bond motifs is 1. The van der Waals surface area contributed by atoms with Gasteiger partial charge in [-0.25, -0.2) is 0 Å². The lowest BCUT2D eigenvalue weighted by molar-refractivity contribution is 0.101. The second-order valence-electron chi connectivity index (χ2n) is 5.46. The van der Waals surface area contributed by atoms with E-state index >= 15 is 0 Å². The van der Waals surface area contributed by atoms with Crippen LogP contribution in [0.25, 0.3) is 0 Å². The Morgan fingerprint density at radius 2 is 1.95 bits per heavy atom. The van der Waals surface area contributed by atoms with Gasteiger partial charge in [0.15, 0.2) is 5.78 Å². The van der Waals surface area contributed by atoms with Gasteiger partial charge in [0, 0.05) is 28.0 Å². The summed E-state index contributed by atoms with van der Waals surface area (Å²) in [5, 5.41) is 0. The number of nitrogens with zero attached hydrogens (tertiary/aromatic N) is 1. The molecule has 1 aliphatic heterocycles. The SMILES string of the molecule is CC(=O)c1ccc(N2CCCCc3ccccc32)cc1Br. The first-order chi connectivity index (χ1) is 10.2. The van der Waals surface area contributed by atoms with E-state index in [4.69, 9.17) is 0 Å². The van der Waals surface area contributed by atoms with Crippen LogP contribution in [0.3, 0.4) is 0 Å². The Hall–Kier alpha value is -1.61. The van der Waals surface area contributed by atoms with Crippen molar-refractivity contribution in [1.82, 2.24) is 0 Å². The highest BCUT2D eigenvalue weighted by atomic mass is 79.9. The zero-order chi connectivity index (χ0) is 14.8. The number of Topliss-reactive ketones (excluding diaryl/α,β-unsaturated/α-hetero) is 1. The first-order valence-corrected chi connectivity index (χ1v) is 8.12. The van der Waals surface area contributed by atoms with Crippen LogP contribution in [-0.4, -0.2) is 12.3 Å². The molecule has 3 rings (SSSR count). The van der Waals surface area contributed by atoms with Crippen LogP contribution in [0.5, 0.6) is 0 Å². The van der Waals surface area contributed by atoms with Crippen molar-refractivity contribution in [1.29, 1.82) is 0 Å². The highest BCUT2D eigenvalue weighted by molar-refractivity contribution is 9.10. The average Bonchev–Trinajstić information content (AvgIpc) is 2.69. The van der Waals surface area contributed by atoms with E-state index in [2.05, 4.69) is 51.2 Å². The normalized spacial score (nSPS) is 14.5. The van der Waals surface area contributed by atoms with Gasteiger partial charge in [-0.1, -0.05) is 18.2 Å². The standard InChI is InChI=1S/C18H18BrNO/c1-13(21)16-10-9-15(12-17(16)19)20-11-5-4-7-14-6-2-3-8-18(14)20/h2-3,6,8-10,12H,4-5,7,11H2,1H3. The first-order valence-electron chi connectivity index (χ1n) is 7.33. The molecule has 0 aromatic heterocycles. The lowest BCUT2D eigenvalue weighted by Crippen LogP contribution is -2.18. The number of anilines is 2. The molecule has 0 saturated heterocycles. The lowest BCUT2D eigenvalue weighted by atomic mass is 10.1. The van der Waals surface area contributed by atoms with Crippen LogP contribution in [-0.2, 0) is 6.42 Å². The fraction of sp³-hybridized carbons (Fsp3) is 0.278. The van der Waals surface area contributed by atoms with Gasteiger partial charge in [-0.15, -0.1) is 0 Å². The van der Waals surface area contributed by atoms with Gasteiger partial charge < -0.3 is 4.90 Å². The number of carbonyl (C=O) groups excluding carboxylic acids is 1. The summed E-state index contributed by atoms with van der Waals surface area (Å²) in [5.74, 6) is 0.0877. The molecule has 1 aliphatic rings. The third-order valence-electron chi connectivity index (χ3n) is 4.00. The molecular weight excluding hydrogens is 326 g/mol. The van der Waals surface area contributed by atoms with Crippen molar-refractivity contribution in [2.24, 2.45) is 0 Å². The molecule has 21 heavy (non-hydrogen) atoms. The monoisotopic (exact) mass is 343 g/mol. The summed E-state index contributed by atoms with van der Waals surface area (Å²) < 4.78 is 0.870. The molecule has 0 spiro atoms. The molecule has 2 nitrogen and oxygen atoms in total. The Bertz CT molecular complexity index is 681. The van der Waals surface area contributed by atoms with Gasteiger partial charge in [0.1, 0.15) is 0 Å². The summed E-state index contributed by atoms with van der Waals surface area (Å²) in [4.78, 5) is 13.9. The lowest BCUT2D eigenvalue weighted by Gasteiger charge is -2.25. The number of benzene rings is 2. The minimum absolute atomic E-state index is 0.0877. The van der Waals surface area contributed by atoms with Crippen LogP contribution in [0, 0.1) is 0 Å². The van der Waals surface area contributed by atoms with Crippen molar-refractivity contribution in [3.8, 4) is 0 Å². The molecule has 0 amide bonds. The smallest absolute Gasteiger partial charge is 0.160 e. The molecular formula is C18H18BrNO. The van der Waals surface area contributed by atoms with Crippen LogP contribution in [0.1, 0.15) is 35.7 Å². The van der Waals surface area contributed by atoms with E-state index in [-0.39, 0.29) is 5.78 Å². The highest BCUT2D eigenvalue weighted by Crippen LogP contribution is 2.34. The van der Waals surface area contributed by atoms with Gasteiger partial charge in [0.05, 0.1) is 0 Å². The van der Waals surface area contributed by atoms with Gasteiger partial charge >= 0.3 is 0 Å². The maximum absolute atomic E-state index is 11.6. The van der Waals surface area contributed by atoms with E-state index in [1.807, 2.05) is 12.1 Å². The maximum atomic E-state index is 11.6. The minimum Gasteiger partial charge on any atom is -0.341 e. The number of halogens is 1. The molecule has 0 fully saturated rings. The number of hydrogen-bond acceptors (Lipinski definition) is 2. The topological polar surface area (TPSA) is 20.3 Å². The third kappa shape index (κ3) is 2.88. The third-order valence-corrected chi connectivity index (χ3v) is 4.66. The fourth-order valence-electron chi connectivity index (χ4n) is 2.92. The van der Waals surface area contributed by atoms with Crippen LogP contribution in [0.4, 0.5) is 11.4 Å². The summed E-state index contributed by atoms with van der Waals surface area (Å²) in [6.45, 7) is 2.61. The van der Waals surface area contributed by atoms with E-state index < -0.39 is 0 Å². The van der Waals surface area contributed by atoms with Gasteiger partial charge in [-0.2, -0.15) is 0 Å². The van der Waals surface area contributed by atoms with E-state index in [0.29, 0.717) is 0 Å². The predicted octanol–water partition coefficient (Wildman–Crippen LogP) is 5.13. The first kappa shape index (κ1) is 14.3. The van der Waals surface area contributed by atoms with Crippen molar-refractivity contribution in [3.05, 3.63) is 58.1 Å². The zero-order valence-electron chi connectivity index (χ0n) is 12.1. The predicted molar refractivity (Wildman–Crippen MR) is 90.5 cm³/mol. The molecule has 2 aromatic carbocycles. The summed E-state index contributed by atoms with van der Waals surface area (Å²) in [6.07, 6.45) is 3.54. The average molecular weight is 344 g/mol. The quantitative estimate of drug-likeness (QED) is 0.704. The molecule has 0 saturated carbocycles. The Balaban J connectivity index is 2.04. The van der Waals surface area contributed by atoms with E-state index in [1.165, 1.54) is 24.1 Å². The Kier molecular flexibility index (Phi) is 4.11. The van der Waals surface area contributed by atoms with E-state index in [0.717, 1.165) is 28.7 Å². The van der Waals surface area contributed by atoms with Crippen molar-refractivity contribution < 1.29 is 4.79 Å². The Morgan fingerprint density at radius 1 is 1.14 bits per heavy atom. The molecule has 0 bridgehead atoms. The van der Waals surface area contributed by atoms with E-state index in [1.54, 1.807) is 6.92 Å². The zero-order valence-corrected chi connectivity index (χ0v) is 13.7. The highest BCUT2D eigenvalue weighted by Gasteiger charge is 2.17. The molecule has 0 radical (unpaired) electrons.